The SMILES string of the molecule is O=C(NCc1nc2ccccc2[nH]1)c1ccc2c(c1)ncn2-c1ccccc1. The Morgan fingerprint density at radius 3 is 2.64 bits per heavy atom. The summed E-state index contributed by atoms with van der Waals surface area (Å²) in [4.78, 5) is 24.7. The van der Waals surface area contributed by atoms with Crippen molar-refractivity contribution in [1.29, 1.82) is 0 Å². The molecule has 136 valence electrons. The topological polar surface area (TPSA) is 75.6 Å². The highest BCUT2D eigenvalue weighted by atomic mass is 16.1. The molecule has 0 aliphatic carbocycles. The van der Waals surface area contributed by atoms with E-state index in [4.69, 9.17) is 0 Å². The second-order valence-electron chi connectivity index (χ2n) is 6.54. The van der Waals surface area contributed by atoms with Crippen LogP contribution in [0.3, 0.4) is 0 Å². The van der Waals surface area contributed by atoms with Gasteiger partial charge in [0.1, 0.15) is 12.2 Å². The molecule has 0 saturated heterocycles. The van der Waals surface area contributed by atoms with Crippen LogP contribution in [0.15, 0.2) is 79.1 Å². The summed E-state index contributed by atoms with van der Waals surface area (Å²) in [5, 5.41) is 2.91. The Kier molecular flexibility index (Phi) is 3.87. The summed E-state index contributed by atoms with van der Waals surface area (Å²) in [6.07, 6.45) is 1.77. The molecule has 1 amide bonds. The van der Waals surface area contributed by atoms with Crippen molar-refractivity contribution in [2.24, 2.45) is 0 Å². The van der Waals surface area contributed by atoms with Crippen LogP contribution in [0, 0.1) is 0 Å². The highest BCUT2D eigenvalue weighted by molar-refractivity contribution is 5.97. The minimum Gasteiger partial charge on any atom is -0.345 e. The van der Waals surface area contributed by atoms with Crippen molar-refractivity contribution in [3.8, 4) is 5.69 Å². The lowest BCUT2D eigenvalue weighted by molar-refractivity contribution is 0.0950. The fraction of sp³-hybridized carbons (Fsp3) is 0.0455. The molecule has 2 aromatic heterocycles. The summed E-state index contributed by atoms with van der Waals surface area (Å²) in [6.45, 7) is 0.337. The second kappa shape index (κ2) is 6.66. The van der Waals surface area contributed by atoms with Crippen LogP contribution in [0.4, 0.5) is 0 Å². The normalized spacial score (nSPS) is 11.1. The molecule has 0 saturated carbocycles. The van der Waals surface area contributed by atoms with Gasteiger partial charge in [-0.1, -0.05) is 30.3 Å². The largest absolute Gasteiger partial charge is 0.345 e. The lowest BCUT2D eigenvalue weighted by Crippen LogP contribution is -2.23. The minimum atomic E-state index is -0.156. The van der Waals surface area contributed by atoms with Gasteiger partial charge >= 0.3 is 0 Å². The van der Waals surface area contributed by atoms with Gasteiger partial charge in [0.15, 0.2) is 0 Å². The fourth-order valence-electron chi connectivity index (χ4n) is 3.30. The molecular weight excluding hydrogens is 350 g/mol. The minimum absolute atomic E-state index is 0.156. The lowest BCUT2D eigenvalue weighted by Gasteiger charge is -2.05. The van der Waals surface area contributed by atoms with Crippen LogP contribution in [0.1, 0.15) is 16.2 Å². The number of amides is 1. The molecule has 0 spiro atoms. The number of hydrogen-bond acceptors (Lipinski definition) is 3. The highest BCUT2D eigenvalue weighted by Crippen LogP contribution is 2.19. The van der Waals surface area contributed by atoms with E-state index in [0.29, 0.717) is 12.1 Å². The molecule has 6 nitrogen and oxygen atoms in total. The van der Waals surface area contributed by atoms with Crippen LogP contribution in [-0.2, 0) is 6.54 Å². The Hall–Kier alpha value is -3.93. The number of benzene rings is 3. The summed E-state index contributed by atoms with van der Waals surface area (Å²) < 4.78 is 2.01. The Balaban J connectivity index is 1.36. The summed E-state index contributed by atoms with van der Waals surface area (Å²) in [5.74, 6) is 0.570. The first-order valence-electron chi connectivity index (χ1n) is 9.02. The molecule has 0 aliphatic rings. The Morgan fingerprint density at radius 1 is 0.964 bits per heavy atom. The number of aromatic nitrogens is 4. The average molecular weight is 367 g/mol. The zero-order valence-electron chi connectivity index (χ0n) is 15.0. The number of rotatable bonds is 4. The van der Waals surface area contributed by atoms with Gasteiger partial charge in [-0.3, -0.25) is 9.36 Å². The van der Waals surface area contributed by atoms with Crippen molar-refractivity contribution in [1.82, 2.24) is 24.8 Å². The van der Waals surface area contributed by atoms with Gasteiger partial charge < -0.3 is 10.3 Å². The van der Waals surface area contributed by atoms with Crippen LogP contribution in [0.25, 0.3) is 27.8 Å². The van der Waals surface area contributed by atoms with E-state index in [1.807, 2.05) is 77.4 Å². The summed E-state index contributed by atoms with van der Waals surface area (Å²) in [7, 11) is 0. The maximum Gasteiger partial charge on any atom is 0.251 e. The van der Waals surface area contributed by atoms with E-state index < -0.39 is 0 Å². The molecule has 0 fully saturated rings. The molecule has 0 atom stereocenters. The molecule has 3 aromatic carbocycles. The maximum absolute atomic E-state index is 12.6. The standard InChI is InChI=1S/C22H17N5O/c28-22(23-13-21-25-17-8-4-5-9-18(17)26-21)15-10-11-20-19(12-15)24-14-27(20)16-6-2-1-3-7-16/h1-12,14H,13H2,(H,23,28)(H,25,26). The third-order valence-corrected chi connectivity index (χ3v) is 4.70. The van der Waals surface area contributed by atoms with Crippen LogP contribution in [0.2, 0.25) is 0 Å². The first-order valence-corrected chi connectivity index (χ1v) is 9.02. The predicted octanol–water partition coefficient (Wildman–Crippen LogP) is 3.83. The number of H-pyrrole nitrogens is 1. The summed E-state index contributed by atoms with van der Waals surface area (Å²) in [5.41, 5.74) is 5.19. The number of aromatic amines is 1. The number of carbonyl (C=O) groups excluding carboxylic acids is 1. The van der Waals surface area contributed by atoms with Crippen molar-refractivity contribution in [3.05, 3.63) is 90.5 Å². The molecule has 2 N–H and O–H groups in total. The van der Waals surface area contributed by atoms with Crippen LogP contribution in [-0.4, -0.2) is 25.4 Å². The number of fused-ring (bicyclic) bond motifs is 2. The van der Waals surface area contributed by atoms with Crippen LogP contribution < -0.4 is 5.32 Å². The van der Waals surface area contributed by atoms with Gasteiger partial charge in [0, 0.05) is 11.3 Å². The smallest absolute Gasteiger partial charge is 0.251 e. The first-order chi connectivity index (χ1) is 13.8. The molecule has 28 heavy (non-hydrogen) atoms. The van der Waals surface area contributed by atoms with E-state index in [1.54, 1.807) is 6.33 Å². The number of hydrogen-bond donors (Lipinski definition) is 2. The van der Waals surface area contributed by atoms with E-state index in [9.17, 15) is 4.79 Å². The quantitative estimate of drug-likeness (QED) is 0.507. The van der Waals surface area contributed by atoms with Crippen LogP contribution >= 0.6 is 0 Å². The van der Waals surface area contributed by atoms with E-state index in [0.717, 1.165) is 33.6 Å². The van der Waals surface area contributed by atoms with E-state index in [1.165, 1.54) is 0 Å². The third kappa shape index (κ3) is 2.91. The average Bonchev–Trinajstić information content (AvgIpc) is 3.35. The molecule has 0 radical (unpaired) electrons. The Bertz CT molecular complexity index is 1250. The maximum atomic E-state index is 12.6. The third-order valence-electron chi connectivity index (χ3n) is 4.70. The molecule has 2 heterocycles. The van der Waals surface area contributed by atoms with Gasteiger partial charge in [0.25, 0.3) is 5.91 Å². The van der Waals surface area contributed by atoms with E-state index >= 15 is 0 Å². The van der Waals surface area contributed by atoms with Gasteiger partial charge in [-0.05, 0) is 42.5 Å². The summed E-state index contributed by atoms with van der Waals surface area (Å²) >= 11 is 0. The number of nitrogens with one attached hydrogen (secondary N) is 2. The zero-order valence-corrected chi connectivity index (χ0v) is 15.0. The number of para-hydroxylation sites is 3. The van der Waals surface area contributed by atoms with Gasteiger partial charge in [-0.2, -0.15) is 0 Å². The van der Waals surface area contributed by atoms with E-state index in [2.05, 4.69) is 20.3 Å². The molecule has 5 rings (SSSR count). The van der Waals surface area contributed by atoms with Crippen LogP contribution in [0.5, 0.6) is 0 Å². The Morgan fingerprint density at radius 2 is 1.79 bits per heavy atom. The van der Waals surface area contributed by atoms with Crippen molar-refractivity contribution in [2.75, 3.05) is 0 Å². The number of imidazole rings is 2. The molecular formula is C22H17N5O. The highest BCUT2D eigenvalue weighted by Gasteiger charge is 2.11. The monoisotopic (exact) mass is 367 g/mol. The van der Waals surface area contributed by atoms with E-state index in [-0.39, 0.29) is 5.91 Å². The predicted molar refractivity (Wildman–Crippen MR) is 108 cm³/mol. The second-order valence-corrected chi connectivity index (χ2v) is 6.54. The van der Waals surface area contributed by atoms with Crippen molar-refractivity contribution in [3.63, 3.8) is 0 Å². The van der Waals surface area contributed by atoms with Gasteiger partial charge in [0.2, 0.25) is 0 Å². The molecule has 6 heteroatoms. The fourth-order valence-corrected chi connectivity index (χ4v) is 3.30. The molecule has 5 aromatic rings. The first kappa shape index (κ1) is 16.3. The number of nitrogens with zero attached hydrogens (tertiary/aromatic N) is 3. The van der Waals surface area contributed by atoms with Gasteiger partial charge in [0.05, 0.1) is 28.6 Å². The number of carbonyl (C=O) groups is 1. The molecule has 0 aliphatic heterocycles. The summed E-state index contributed by atoms with van der Waals surface area (Å²) in [6, 6.07) is 23.3. The zero-order chi connectivity index (χ0) is 18.9. The lowest BCUT2D eigenvalue weighted by atomic mass is 10.2. The molecule has 0 bridgehead atoms. The Labute approximate surface area is 160 Å². The van der Waals surface area contributed by atoms with Crippen molar-refractivity contribution >= 4 is 28.0 Å². The molecule has 0 unspecified atom stereocenters. The van der Waals surface area contributed by atoms with Gasteiger partial charge in [-0.15, -0.1) is 0 Å². The van der Waals surface area contributed by atoms with Gasteiger partial charge in [-0.25, -0.2) is 9.97 Å². The van der Waals surface area contributed by atoms with Crippen molar-refractivity contribution in [2.45, 2.75) is 6.54 Å². The van der Waals surface area contributed by atoms with Crippen molar-refractivity contribution < 1.29 is 4.79 Å².